The summed E-state index contributed by atoms with van der Waals surface area (Å²) >= 11 is 0. The number of benzene rings is 2. The van der Waals surface area contributed by atoms with Gasteiger partial charge in [0.25, 0.3) is 0 Å². The van der Waals surface area contributed by atoms with E-state index in [1.165, 1.54) is 18.2 Å². The number of fused-ring (bicyclic) bond motifs is 1. The molecule has 0 unspecified atom stereocenters. The Bertz CT molecular complexity index is 1200. The Balaban J connectivity index is 1.37. The van der Waals surface area contributed by atoms with Gasteiger partial charge < -0.3 is 24.1 Å². The van der Waals surface area contributed by atoms with Crippen LogP contribution in [0.25, 0.3) is 6.08 Å². The molecule has 0 bridgehead atoms. The number of esters is 2. The van der Waals surface area contributed by atoms with Crippen molar-refractivity contribution in [3.63, 3.8) is 0 Å². The lowest BCUT2D eigenvalue weighted by atomic mass is 9.90. The molecule has 0 amide bonds. The minimum absolute atomic E-state index is 0.0436. The molecular formula is C32H36O7. The Morgan fingerprint density at radius 3 is 2.69 bits per heavy atom. The highest BCUT2D eigenvalue weighted by molar-refractivity contribution is 5.87. The third-order valence-corrected chi connectivity index (χ3v) is 7.02. The van der Waals surface area contributed by atoms with Crippen LogP contribution < -0.4 is 9.47 Å². The Morgan fingerprint density at radius 1 is 1.08 bits per heavy atom. The fourth-order valence-corrected chi connectivity index (χ4v) is 5.03. The highest BCUT2D eigenvalue weighted by Crippen LogP contribution is 2.38. The van der Waals surface area contributed by atoms with Crippen molar-refractivity contribution in [2.45, 2.75) is 57.3 Å². The highest BCUT2D eigenvalue weighted by Gasteiger charge is 2.38. The molecule has 0 radical (unpaired) electrons. The summed E-state index contributed by atoms with van der Waals surface area (Å²) in [5.41, 5.74) is 0.762. The van der Waals surface area contributed by atoms with E-state index >= 15 is 0 Å². The topological polar surface area (TPSA) is 91.3 Å². The number of para-hydroxylation sites is 1. The molecule has 5 atom stereocenters. The standard InChI is InChI=1S/C32H36O7/c1-22-9-5-3-6-10-24-20-26(21-27(24)28(33)15-18-31(34)37-22)39-32(35)17-14-23-13-16-29(30(19-23)36-2)38-25-11-7-4-8-12-25/h4,6-8,10-19,22,24,26-28,33H,3,5,9,20-21H2,1-2H3/b10-6+,17-14+,18-15+/t22-,24+,26-,27+,28+/m0/s1. The van der Waals surface area contributed by atoms with Gasteiger partial charge in [0, 0.05) is 12.2 Å². The highest BCUT2D eigenvalue weighted by atomic mass is 16.5. The van der Waals surface area contributed by atoms with E-state index in [2.05, 4.69) is 12.2 Å². The maximum Gasteiger partial charge on any atom is 0.331 e. The molecule has 2 aliphatic rings. The first-order valence-electron chi connectivity index (χ1n) is 13.4. The third-order valence-electron chi connectivity index (χ3n) is 7.02. The molecule has 1 N–H and O–H groups in total. The van der Waals surface area contributed by atoms with Crippen molar-refractivity contribution in [1.82, 2.24) is 0 Å². The molecule has 39 heavy (non-hydrogen) atoms. The van der Waals surface area contributed by atoms with Gasteiger partial charge in [0.05, 0.1) is 19.3 Å². The second-order valence-electron chi connectivity index (χ2n) is 9.97. The van der Waals surface area contributed by atoms with E-state index in [-0.39, 0.29) is 24.0 Å². The number of carbonyl (C=O) groups excluding carboxylic acids is 2. The van der Waals surface area contributed by atoms with Crippen LogP contribution in [0.4, 0.5) is 0 Å². The van der Waals surface area contributed by atoms with Crippen LogP contribution in [0.1, 0.15) is 44.6 Å². The molecule has 7 nitrogen and oxygen atoms in total. The van der Waals surface area contributed by atoms with E-state index in [1.54, 1.807) is 25.3 Å². The van der Waals surface area contributed by atoms with Crippen LogP contribution in [0.5, 0.6) is 17.2 Å². The molecule has 0 saturated heterocycles. The maximum atomic E-state index is 12.7. The van der Waals surface area contributed by atoms with Crippen LogP contribution in [0.3, 0.4) is 0 Å². The Kier molecular flexibility index (Phi) is 9.97. The van der Waals surface area contributed by atoms with Gasteiger partial charge in [0.2, 0.25) is 0 Å². The van der Waals surface area contributed by atoms with Crippen molar-refractivity contribution in [3.8, 4) is 17.2 Å². The first-order chi connectivity index (χ1) is 18.9. The van der Waals surface area contributed by atoms with E-state index in [4.69, 9.17) is 18.9 Å². The van der Waals surface area contributed by atoms with Crippen molar-refractivity contribution >= 4 is 18.0 Å². The fourth-order valence-electron chi connectivity index (χ4n) is 5.03. The number of hydrogen-bond donors (Lipinski definition) is 1. The first kappa shape index (κ1) is 28.2. The minimum atomic E-state index is -0.841. The zero-order chi connectivity index (χ0) is 27.6. The van der Waals surface area contributed by atoms with Crippen molar-refractivity contribution in [3.05, 3.63) is 84.5 Å². The Labute approximate surface area is 229 Å². The second kappa shape index (κ2) is 13.8. The van der Waals surface area contributed by atoms with Crippen molar-refractivity contribution in [1.29, 1.82) is 0 Å². The predicted octanol–water partition coefficient (Wildman–Crippen LogP) is 6.03. The van der Waals surface area contributed by atoms with E-state index in [1.807, 2.05) is 43.3 Å². The average molecular weight is 533 g/mol. The number of cyclic esters (lactones) is 1. The number of rotatable bonds is 6. The predicted molar refractivity (Wildman–Crippen MR) is 148 cm³/mol. The monoisotopic (exact) mass is 532 g/mol. The van der Waals surface area contributed by atoms with Crippen molar-refractivity contribution < 1.29 is 33.6 Å². The lowest BCUT2D eigenvalue weighted by Gasteiger charge is -2.19. The maximum absolute atomic E-state index is 12.7. The van der Waals surface area contributed by atoms with Gasteiger partial charge in [0.1, 0.15) is 11.9 Å². The average Bonchev–Trinajstić information content (AvgIpc) is 3.33. The summed E-state index contributed by atoms with van der Waals surface area (Å²) in [6.45, 7) is 1.87. The molecule has 1 aliphatic heterocycles. The molecule has 206 valence electrons. The smallest absolute Gasteiger partial charge is 0.331 e. The van der Waals surface area contributed by atoms with Crippen LogP contribution in [-0.2, 0) is 19.1 Å². The number of hydrogen-bond acceptors (Lipinski definition) is 7. The van der Waals surface area contributed by atoms with Crippen LogP contribution in [0.2, 0.25) is 0 Å². The number of aliphatic hydroxyl groups is 1. The van der Waals surface area contributed by atoms with Crippen LogP contribution >= 0.6 is 0 Å². The Hall–Kier alpha value is -3.84. The second-order valence-corrected chi connectivity index (χ2v) is 9.97. The van der Waals surface area contributed by atoms with Gasteiger partial charge in [-0.3, -0.25) is 0 Å². The molecule has 1 heterocycles. The molecule has 1 saturated carbocycles. The number of aliphatic hydroxyl groups excluding tert-OH is 1. The van der Waals surface area contributed by atoms with Crippen LogP contribution in [0, 0.1) is 11.8 Å². The van der Waals surface area contributed by atoms with Gasteiger partial charge in [0.15, 0.2) is 11.5 Å². The lowest BCUT2D eigenvalue weighted by Crippen LogP contribution is -2.22. The molecule has 2 aromatic rings. The third kappa shape index (κ3) is 8.32. The zero-order valence-electron chi connectivity index (χ0n) is 22.4. The molecule has 0 spiro atoms. The lowest BCUT2D eigenvalue weighted by molar-refractivity contribution is -0.143. The summed E-state index contributed by atoms with van der Waals surface area (Å²) in [5, 5.41) is 10.8. The zero-order valence-corrected chi connectivity index (χ0v) is 22.4. The van der Waals surface area contributed by atoms with Gasteiger partial charge in [-0.15, -0.1) is 0 Å². The summed E-state index contributed by atoms with van der Waals surface area (Å²) in [5.74, 6) is 0.790. The van der Waals surface area contributed by atoms with E-state index in [9.17, 15) is 14.7 Å². The number of ether oxygens (including phenoxy) is 4. The Morgan fingerprint density at radius 2 is 1.90 bits per heavy atom. The van der Waals surface area contributed by atoms with Gasteiger partial charge in [-0.05, 0) is 92.8 Å². The summed E-state index contributed by atoms with van der Waals surface area (Å²) in [6.07, 6.45) is 12.4. The normalized spacial score (nSPS) is 27.3. The minimum Gasteiger partial charge on any atom is -0.493 e. The van der Waals surface area contributed by atoms with Gasteiger partial charge in [-0.2, -0.15) is 0 Å². The van der Waals surface area contributed by atoms with E-state index < -0.39 is 18.0 Å². The summed E-state index contributed by atoms with van der Waals surface area (Å²) in [4.78, 5) is 24.7. The fraction of sp³-hybridized carbons (Fsp3) is 0.375. The van der Waals surface area contributed by atoms with E-state index in [0.717, 1.165) is 24.8 Å². The summed E-state index contributed by atoms with van der Waals surface area (Å²) in [6, 6.07) is 14.8. The van der Waals surface area contributed by atoms with Gasteiger partial charge in [-0.25, -0.2) is 9.59 Å². The summed E-state index contributed by atoms with van der Waals surface area (Å²) in [7, 11) is 1.56. The quantitative estimate of drug-likeness (QED) is 0.276. The van der Waals surface area contributed by atoms with Crippen LogP contribution in [-0.4, -0.2) is 42.5 Å². The number of carbonyl (C=O) groups is 2. The summed E-state index contributed by atoms with van der Waals surface area (Å²) < 4.78 is 22.5. The molecule has 7 heteroatoms. The number of methoxy groups -OCH3 is 1. The molecule has 0 aromatic heterocycles. The van der Waals surface area contributed by atoms with Crippen molar-refractivity contribution in [2.75, 3.05) is 7.11 Å². The molecule has 1 fully saturated rings. The SMILES string of the molecule is COc1cc(/C=C/C(=O)O[C@@H]2C[C@H]3[C@H](O)/C=C/C(=O)O[C@@H](C)CCC/C=C/[C@@H]3C2)ccc1Oc1ccccc1. The van der Waals surface area contributed by atoms with Gasteiger partial charge >= 0.3 is 11.9 Å². The first-order valence-corrected chi connectivity index (χ1v) is 13.4. The van der Waals surface area contributed by atoms with E-state index in [0.29, 0.717) is 30.1 Å². The molecule has 4 rings (SSSR count). The molecular weight excluding hydrogens is 496 g/mol. The van der Waals surface area contributed by atoms with Gasteiger partial charge in [-0.1, -0.05) is 36.4 Å². The molecule has 1 aliphatic carbocycles. The van der Waals surface area contributed by atoms with Crippen molar-refractivity contribution in [2.24, 2.45) is 11.8 Å². The molecule has 2 aromatic carbocycles. The number of allylic oxidation sites excluding steroid dienone is 2. The largest absolute Gasteiger partial charge is 0.493 e. The van der Waals surface area contributed by atoms with Crippen LogP contribution in [0.15, 0.2) is 78.9 Å².